The molecule has 0 saturated heterocycles. The molecule has 31 heavy (non-hydrogen) atoms. The van der Waals surface area contributed by atoms with Crippen LogP contribution >= 0.6 is 11.8 Å². The molecule has 0 aliphatic heterocycles. The molecule has 0 saturated carbocycles. The Morgan fingerprint density at radius 2 is 1.94 bits per heavy atom. The van der Waals surface area contributed by atoms with Crippen molar-refractivity contribution in [3.8, 4) is 17.1 Å². The van der Waals surface area contributed by atoms with Crippen LogP contribution in [-0.2, 0) is 11.0 Å². The summed E-state index contributed by atoms with van der Waals surface area (Å²) in [5, 5.41) is 9.74. The molecule has 3 aromatic rings. The standard InChI is InChI=1S/C21H21F3N4O2S/c1-3-10-30-17-9-8-15(21(22,23)24)11-16(17)25-18(29)12-31-20-26-19(27-28-20)14-6-4-13(2)5-7-14/h4-9,11H,3,10,12H2,1-2H3,(H,25,29)(H,26,27,28). The van der Waals surface area contributed by atoms with Gasteiger partial charge < -0.3 is 10.1 Å². The molecule has 3 rings (SSSR count). The fourth-order valence-electron chi connectivity index (χ4n) is 2.61. The number of aromatic nitrogens is 3. The van der Waals surface area contributed by atoms with Gasteiger partial charge in [0.05, 0.1) is 23.6 Å². The molecule has 164 valence electrons. The van der Waals surface area contributed by atoms with Gasteiger partial charge in [0.2, 0.25) is 11.1 Å². The number of aromatic amines is 1. The Labute approximate surface area is 181 Å². The van der Waals surface area contributed by atoms with Crippen molar-refractivity contribution in [2.45, 2.75) is 31.6 Å². The first kappa shape index (κ1) is 22.7. The van der Waals surface area contributed by atoms with Gasteiger partial charge in [-0.2, -0.15) is 13.2 Å². The SMILES string of the molecule is CCCOc1ccc(C(F)(F)F)cc1NC(=O)CSc1n[nH]c(-c2ccc(C)cc2)n1. The molecule has 0 aliphatic rings. The summed E-state index contributed by atoms with van der Waals surface area (Å²) in [5.41, 5.74) is 1.09. The smallest absolute Gasteiger partial charge is 0.416 e. The Morgan fingerprint density at radius 1 is 1.19 bits per heavy atom. The fraction of sp³-hybridized carbons (Fsp3) is 0.286. The third-order valence-electron chi connectivity index (χ3n) is 4.16. The van der Waals surface area contributed by atoms with Crippen LogP contribution in [0, 0.1) is 6.92 Å². The molecule has 0 fully saturated rings. The number of nitrogens with zero attached hydrogens (tertiary/aromatic N) is 2. The van der Waals surface area contributed by atoms with Gasteiger partial charge in [-0.3, -0.25) is 9.89 Å². The number of aryl methyl sites for hydroxylation is 1. The van der Waals surface area contributed by atoms with Crippen LogP contribution < -0.4 is 10.1 Å². The van der Waals surface area contributed by atoms with E-state index in [0.717, 1.165) is 35.0 Å². The number of thioether (sulfide) groups is 1. The Morgan fingerprint density at radius 3 is 2.61 bits per heavy atom. The first-order valence-corrected chi connectivity index (χ1v) is 10.5. The van der Waals surface area contributed by atoms with Crippen molar-refractivity contribution in [1.82, 2.24) is 15.2 Å². The van der Waals surface area contributed by atoms with E-state index in [9.17, 15) is 18.0 Å². The topological polar surface area (TPSA) is 79.9 Å². The van der Waals surface area contributed by atoms with Gasteiger partial charge in [0.25, 0.3) is 0 Å². The van der Waals surface area contributed by atoms with Crippen LogP contribution in [-0.4, -0.2) is 33.4 Å². The molecule has 6 nitrogen and oxygen atoms in total. The average Bonchev–Trinajstić information content (AvgIpc) is 3.20. The van der Waals surface area contributed by atoms with Crippen LogP contribution in [0.5, 0.6) is 5.75 Å². The van der Waals surface area contributed by atoms with Crippen molar-refractivity contribution >= 4 is 23.4 Å². The number of halogens is 3. The minimum Gasteiger partial charge on any atom is -0.491 e. The minimum absolute atomic E-state index is 0.0239. The van der Waals surface area contributed by atoms with Gasteiger partial charge in [-0.15, -0.1) is 5.10 Å². The Balaban J connectivity index is 1.65. The maximum atomic E-state index is 13.0. The molecule has 1 amide bonds. The first-order chi connectivity index (χ1) is 14.8. The third-order valence-corrected chi connectivity index (χ3v) is 5.01. The van der Waals surface area contributed by atoms with Crippen LogP contribution in [0.15, 0.2) is 47.6 Å². The quantitative estimate of drug-likeness (QED) is 0.454. The van der Waals surface area contributed by atoms with Crippen molar-refractivity contribution in [3.05, 3.63) is 53.6 Å². The van der Waals surface area contributed by atoms with E-state index in [-0.39, 0.29) is 17.2 Å². The second-order valence-corrected chi connectivity index (χ2v) is 7.67. The number of anilines is 1. The fourth-order valence-corrected chi connectivity index (χ4v) is 3.21. The van der Waals surface area contributed by atoms with Crippen LogP contribution in [0.25, 0.3) is 11.4 Å². The molecule has 1 aromatic heterocycles. The van der Waals surface area contributed by atoms with E-state index in [1.54, 1.807) is 0 Å². The predicted molar refractivity (Wildman–Crippen MR) is 113 cm³/mol. The molecule has 2 N–H and O–H groups in total. The summed E-state index contributed by atoms with van der Waals surface area (Å²) >= 11 is 1.07. The molecular weight excluding hydrogens is 429 g/mol. The summed E-state index contributed by atoms with van der Waals surface area (Å²) in [6.07, 6.45) is -3.85. The molecule has 0 bridgehead atoms. The number of carbonyl (C=O) groups is 1. The van der Waals surface area contributed by atoms with Crippen molar-refractivity contribution in [2.75, 3.05) is 17.7 Å². The lowest BCUT2D eigenvalue weighted by molar-refractivity contribution is -0.137. The number of alkyl halides is 3. The number of H-pyrrole nitrogens is 1. The average molecular weight is 450 g/mol. The number of hydrogen-bond acceptors (Lipinski definition) is 5. The summed E-state index contributed by atoms with van der Waals surface area (Å²) in [6, 6.07) is 10.7. The zero-order valence-corrected chi connectivity index (χ0v) is 17.7. The highest BCUT2D eigenvalue weighted by Gasteiger charge is 2.31. The molecule has 10 heteroatoms. The van der Waals surface area contributed by atoms with Gasteiger partial charge in [0.15, 0.2) is 5.82 Å². The zero-order valence-electron chi connectivity index (χ0n) is 16.9. The lowest BCUT2D eigenvalue weighted by atomic mass is 10.1. The molecule has 2 aromatic carbocycles. The van der Waals surface area contributed by atoms with Crippen LogP contribution in [0.4, 0.5) is 18.9 Å². The van der Waals surface area contributed by atoms with E-state index < -0.39 is 17.6 Å². The highest BCUT2D eigenvalue weighted by atomic mass is 32.2. The molecule has 0 unspecified atom stereocenters. The first-order valence-electron chi connectivity index (χ1n) is 9.52. The Kier molecular flexibility index (Phi) is 7.21. The van der Waals surface area contributed by atoms with Gasteiger partial charge in [0.1, 0.15) is 5.75 Å². The summed E-state index contributed by atoms with van der Waals surface area (Å²) in [6.45, 7) is 4.18. The lowest BCUT2D eigenvalue weighted by Gasteiger charge is -2.15. The van der Waals surface area contributed by atoms with E-state index in [1.165, 1.54) is 6.07 Å². The second kappa shape index (κ2) is 9.86. The molecular formula is C21H21F3N4O2S. The maximum Gasteiger partial charge on any atom is 0.416 e. The highest BCUT2D eigenvalue weighted by molar-refractivity contribution is 7.99. The van der Waals surface area contributed by atoms with E-state index >= 15 is 0 Å². The van der Waals surface area contributed by atoms with E-state index in [2.05, 4.69) is 20.5 Å². The summed E-state index contributed by atoms with van der Waals surface area (Å²) < 4.78 is 44.6. The number of nitrogens with one attached hydrogen (secondary N) is 2. The number of rotatable bonds is 8. The van der Waals surface area contributed by atoms with Crippen molar-refractivity contribution < 1.29 is 22.7 Å². The molecule has 0 aliphatic carbocycles. The summed E-state index contributed by atoms with van der Waals surface area (Å²) in [5.74, 6) is 0.186. The van der Waals surface area contributed by atoms with E-state index in [1.807, 2.05) is 38.1 Å². The van der Waals surface area contributed by atoms with Crippen molar-refractivity contribution in [1.29, 1.82) is 0 Å². The molecule has 0 radical (unpaired) electrons. The monoisotopic (exact) mass is 450 g/mol. The minimum atomic E-state index is -4.52. The summed E-state index contributed by atoms with van der Waals surface area (Å²) in [7, 11) is 0. The van der Waals surface area contributed by atoms with Gasteiger partial charge >= 0.3 is 6.18 Å². The normalized spacial score (nSPS) is 11.4. The molecule has 0 spiro atoms. The van der Waals surface area contributed by atoms with E-state index in [4.69, 9.17) is 4.74 Å². The van der Waals surface area contributed by atoms with Gasteiger partial charge in [0, 0.05) is 5.56 Å². The van der Waals surface area contributed by atoms with Crippen molar-refractivity contribution in [2.24, 2.45) is 0 Å². The van der Waals surface area contributed by atoms with Crippen molar-refractivity contribution in [3.63, 3.8) is 0 Å². The van der Waals surface area contributed by atoms with Crippen LogP contribution in [0.3, 0.4) is 0 Å². The molecule has 0 atom stereocenters. The van der Waals surface area contributed by atoms with Gasteiger partial charge in [-0.05, 0) is 31.5 Å². The van der Waals surface area contributed by atoms with Gasteiger partial charge in [-0.25, -0.2) is 4.98 Å². The number of benzene rings is 2. The Bertz CT molecular complexity index is 1040. The zero-order chi connectivity index (χ0) is 22.4. The number of hydrogen-bond donors (Lipinski definition) is 2. The predicted octanol–water partition coefficient (Wildman–Crippen LogP) is 5.32. The number of amides is 1. The summed E-state index contributed by atoms with van der Waals surface area (Å²) in [4.78, 5) is 16.7. The largest absolute Gasteiger partial charge is 0.491 e. The highest BCUT2D eigenvalue weighted by Crippen LogP contribution is 2.35. The number of carbonyl (C=O) groups excluding carboxylic acids is 1. The van der Waals surface area contributed by atoms with E-state index in [0.29, 0.717) is 24.0 Å². The third kappa shape index (κ3) is 6.24. The van der Waals surface area contributed by atoms with Crippen LogP contribution in [0.1, 0.15) is 24.5 Å². The lowest BCUT2D eigenvalue weighted by Crippen LogP contribution is -2.16. The number of ether oxygens (including phenoxy) is 1. The maximum absolute atomic E-state index is 13.0. The van der Waals surface area contributed by atoms with Crippen LogP contribution in [0.2, 0.25) is 0 Å². The molecule has 1 heterocycles. The Hall–Kier alpha value is -3.01. The second-order valence-electron chi connectivity index (χ2n) is 6.73. The van der Waals surface area contributed by atoms with Gasteiger partial charge in [-0.1, -0.05) is 48.5 Å².